The summed E-state index contributed by atoms with van der Waals surface area (Å²) in [6, 6.07) is 7.20. The standard InChI is InChI=1S/C15H24N2O2/c1-10(17-15(3,4)5)14(19)12-6-8-13(9-7-12)16-11(2)18/h6-10,14,17,19H,1-5H3,(H,16,18). The van der Waals surface area contributed by atoms with Gasteiger partial charge in [-0.3, -0.25) is 4.79 Å². The van der Waals surface area contributed by atoms with E-state index in [1.165, 1.54) is 6.92 Å². The summed E-state index contributed by atoms with van der Waals surface area (Å²) in [6.07, 6.45) is -0.578. The third-order valence-corrected chi connectivity index (χ3v) is 2.71. The number of amides is 1. The Labute approximate surface area is 115 Å². The topological polar surface area (TPSA) is 61.4 Å². The van der Waals surface area contributed by atoms with Crippen LogP contribution in [-0.2, 0) is 4.79 Å². The first-order chi connectivity index (χ1) is 8.69. The van der Waals surface area contributed by atoms with E-state index in [1.54, 1.807) is 12.1 Å². The summed E-state index contributed by atoms with van der Waals surface area (Å²) in [4.78, 5) is 10.9. The van der Waals surface area contributed by atoms with Crippen LogP contribution < -0.4 is 10.6 Å². The fourth-order valence-electron chi connectivity index (χ4n) is 2.02. The van der Waals surface area contributed by atoms with Crippen molar-refractivity contribution in [2.45, 2.75) is 52.3 Å². The third-order valence-electron chi connectivity index (χ3n) is 2.71. The molecule has 0 spiro atoms. The third kappa shape index (κ3) is 5.41. The number of aliphatic hydroxyl groups is 1. The van der Waals surface area contributed by atoms with Gasteiger partial charge in [0.2, 0.25) is 5.91 Å². The number of carbonyl (C=O) groups is 1. The largest absolute Gasteiger partial charge is 0.387 e. The first-order valence-electron chi connectivity index (χ1n) is 6.52. The summed E-state index contributed by atoms with van der Waals surface area (Å²) in [6.45, 7) is 9.62. The summed E-state index contributed by atoms with van der Waals surface area (Å²) >= 11 is 0. The molecule has 1 aromatic rings. The van der Waals surface area contributed by atoms with Crippen LogP contribution in [0.4, 0.5) is 5.69 Å². The molecule has 0 fully saturated rings. The lowest BCUT2D eigenvalue weighted by Crippen LogP contribution is -2.44. The average molecular weight is 264 g/mol. The molecule has 1 amide bonds. The molecule has 0 saturated heterocycles. The SMILES string of the molecule is CC(=O)Nc1ccc(C(O)C(C)NC(C)(C)C)cc1. The van der Waals surface area contributed by atoms with Gasteiger partial charge in [-0.25, -0.2) is 0 Å². The van der Waals surface area contributed by atoms with Crippen LogP contribution in [0.5, 0.6) is 0 Å². The molecule has 1 aromatic carbocycles. The van der Waals surface area contributed by atoms with Crippen molar-refractivity contribution in [2.75, 3.05) is 5.32 Å². The van der Waals surface area contributed by atoms with Gasteiger partial charge in [0.25, 0.3) is 0 Å². The predicted octanol–water partition coefficient (Wildman–Crippen LogP) is 2.46. The maximum Gasteiger partial charge on any atom is 0.221 e. The zero-order valence-corrected chi connectivity index (χ0v) is 12.3. The van der Waals surface area contributed by atoms with E-state index >= 15 is 0 Å². The van der Waals surface area contributed by atoms with Gasteiger partial charge < -0.3 is 15.7 Å². The number of hydrogen-bond donors (Lipinski definition) is 3. The highest BCUT2D eigenvalue weighted by Crippen LogP contribution is 2.20. The van der Waals surface area contributed by atoms with Gasteiger partial charge in [-0.2, -0.15) is 0 Å². The Hall–Kier alpha value is -1.39. The Morgan fingerprint density at radius 2 is 1.74 bits per heavy atom. The lowest BCUT2D eigenvalue weighted by molar-refractivity contribution is -0.114. The molecule has 1 rings (SSSR count). The Bertz CT molecular complexity index is 421. The minimum atomic E-state index is -0.578. The normalized spacial score (nSPS) is 14.8. The summed E-state index contributed by atoms with van der Waals surface area (Å²) < 4.78 is 0. The van der Waals surface area contributed by atoms with Gasteiger partial charge in [-0.1, -0.05) is 12.1 Å². The van der Waals surface area contributed by atoms with Crippen molar-refractivity contribution in [3.05, 3.63) is 29.8 Å². The number of nitrogens with one attached hydrogen (secondary N) is 2. The van der Waals surface area contributed by atoms with Gasteiger partial charge in [0.15, 0.2) is 0 Å². The van der Waals surface area contributed by atoms with Crippen LogP contribution in [-0.4, -0.2) is 22.6 Å². The van der Waals surface area contributed by atoms with E-state index in [1.807, 2.05) is 19.1 Å². The van der Waals surface area contributed by atoms with E-state index in [0.29, 0.717) is 0 Å². The number of benzene rings is 1. The Morgan fingerprint density at radius 3 is 2.16 bits per heavy atom. The van der Waals surface area contributed by atoms with Crippen LogP contribution in [0.3, 0.4) is 0 Å². The molecule has 4 heteroatoms. The average Bonchev–Trinajstić information content (AvgIpc) is 2.26. The second-order valence-corrected chi connectivity index (χ2v) is 5.93. The van der Waals surface area contributed by atoms with Gasteiger partial charge in [-0.05, 0) is 45.4 Å². The van der Waals surface area contributed by atoms with Crippen LogP contribution in [0.25, 0.3) is 0 Å². The molecule has 106 valence electrons. The van der Waals surface area contributed by atoms with Gasteiger partial charge in [0.1, 0.15) is 0 Å². The molecule has 0 aliphatic heterocycles. The quantitative estimate of drug-likeness (QED) is 0.783. The van der Waals surface area contributed by atoms with Crippen molar-refractivity contribution in [2.24, 2.45) is 0 Å². The molecule has 0 radical (unpaired) electrons. The molecule has 2 unspecified atom stereocenters. The zero-order chi connectivity index (χ0) is 14.6. The zero-order valence-electron chi connectivity index (χ0n) is 12.3. The molecule has 0 heterocycles. The van der Waals surface area contributed by atoms with Crippen LogP contribution in [0, 0.1) is 0 Å². The molecular formula is C15H24N2O2. The van der Waals surface area contributed by atoms with Crippen molar-refractivity contribution in [1.29, 1.82) is 0 Å². The van der Waals surface area contributed by atoms with Gasteiger partial charge in [0.05, 0.1) is 6.10 Å². The molecule has 0 bridgehead atoms. The smallest absolute Gasteiger partial charge is 0.221 e. The number of carbonyl (C=O) groups excluding carboxylic acids is 1. The lowest BCUT2D eigenvalue weighted by Gasteiger charge is -2.29. The molecule has 0 aliphatic carbocycles. The van der Waals surface area contributed by atoms with E-state index in [-0.39, 0.29) is 17.5 Å². The monoisotopic (exact) mass is 264 g/mol. The van der Waals surface area contributed by atoms with Gasteiger partial charge >= 0.3 is 0 Å². The Morgan fingerprint density at radius 1 is 1.21 bits per heavy atom. The number of rotatable bonds is 4. The highest BCUT2D eigenvalue weighted by molar-refractivity contribution is 5.88. The summed E-state index contributed by atoms with van der Waals surface area (Å²) in [5, 5.41) is 16.3. The molecule has 19 heavy (non-hydrogen) atoms. The molecule has 0 saturated carbocycles. The highest BCUT2D eigenvalue weighted by atomic mass is 16.3. The van der Waals surface area contributed by atoms with Crippen LogP contribution in [0.1, 0.15) is 46.3 Å². The fraction of sp³-hybridized carbons (Fsp3) is 0.533. The molecule has 3 N–H and O–H groups in total. The first kappa shape index (κ1) is 15.7. The van der Waals surface area contributed by atoms with E-state index < -0.39 is 6.10 Å². The maximum absolute atomic E-state index is 10.9. The number of anilines is 1. The van der Waals surface area contributed by atoms with E-state index in [9.17, 15) is 9.90 Å². The first-order valence-corrected chi connectivity index (χ1v) is 6.52. The van der Waals surface area contributed by atoms with E-state index in [0.717, 1.165) is 11.3 Å². The van der Waals surface area contributed by atoms with E-state index in [4.69, 9.17) is 0 Å². The van der Waals surface area contributed by atoms with Crippen LogP contribution >= 0.6 is 0 Å². The van der Waals surface area contributed by atoms with Crippen molar-refractivity contribution in [1.82, 2.24) is 5.32 Å². The fourth-order valence-corrected chi connectivity index (χ4v) is 2.02. The highest BCUT2D eigenvalue weighted by Gasteiger charge is 2.21. The van der Waals surface area contributed by atoms with Gasteiger partial charge in [0, 0.05) is 24.2 Å². The van der Waals surface area contributed by atoms with Crippen molar-refractivity contribution in [3.63, 3.8) is 0 Å². The van der Waals surface area contributed by atoms with Crippen molar-refractivity contribution in [3.8, 4) is 0 Å². The molecule has 4 nitrogen and oxygen atoms in total. The molecular weight excluding hydrogens is 240 g/mol. The number of hydrogen-bond acceptors (Lipinski definition) is 3. The minimum absolute atomic E-state index is 0.0451. The second kappa shape index (κ2) is 6.17. The lowest BCUT2D eigenvalue weighted by atomic mass is 10.00. The van der Waals surface area contributed by atoms with Crippen LogP contribution in [0.15, 0.2) is 24.3 Å². The Kier molecular flexibility index (Phi) is 5.09. The molecule has 0 aromatic heterocycles. The minimum Gasteiger partial charge on any atom is -0.387 e. The molecule has 2 atom stereocenters. The Balaban J connectivity index is 2.72. The second-order valence-electron chi connectivity index (χ2n) is 5.93. The van der Waals surface area contributed by atoms with Gasteiger partial charge in [-0.15, -0.1) is 0 Å². The summed E-state index contributed by atoms with van der Waals surface area (Å²) in [5.41, 5.74) is 1.52. The maximum atomic E-state index is 10.9. The predicted molar refractivity (Wildman–Crippen MR) is 78.1 cm³/mol. The summed E-state index contributed by atoms with van der Waals surface area (Å²) in [7, 11) is 0. The van der Waals surface area contributed by atoms with E-state index in [2.05, 4.69) is 31.4 Å². The number of aliphatic hydroxyl groups excluding tert-OH is 1. The summed E-state index contributed by atoms with van der Waals surface area (Å²) in [5.74, 6) is -0.101. The van der Waals surface area contributed by atoms with Crippen molar-refractivity contribution >= 4 is 11.6 Å². The van der Waals surface area contributed by atoms with Crippen molar-refractivity contribution < 1.29 is 9.90 Å². The molecule has 0 aliphatic rings. The van der Waals surface area contributed by atoms with Crippen LogP contribution in [0.2, 0.25) is 0 Å².